The van der Waals surface area contributed by atoms with Gasteiger partial charge in [-0.25, -0.2) is 0 Å². The largest absolute Gasteiger partial charge is 0.106 e. The van der Waals surface area contributed by atoms with Crippen molar-refractivity contribution in [1.29, 1.82) is 0 Å². The summed E-state index contributed by atoms with van der Waals surface area (Å²) < 4.78 is 0. The molecule has 10 heavy (non-hydrogen) atoms. The highest BCUT2D eigenvalue weighted by atomic mass is 13.9. The van der Waals surface area contributed by atoms with E-state index in [4.69, 9.17) is 0 Å². The second-order valence-corrected chi connectivity index (χ2v) is 1.97. The van der Waals surface area contributed by atoms with E-state index in [9.17, 15) is 0 Å². The van der Waals surface area contributed by atoms with Crippen LogP contribution in [0, 0.1) is 0 Å². The van der Waals surface area contributed by atoms with Gasteiger partial charge in [0.15, 0.2) is 0 Å². The van der Waals surface area contributed by atoms with E-state index < -0.39 is 0 Å². The fourth-order valence-corrected chi connectivity index (χ4v) is 0.686. The van der Waals surface area contributed by atoms with E-state index >= 15 is 0 Å². The molecule has 0 spiro atoms. The molecule has 0 heteroatoms. The summed E-state index contributed by atoms with van der Waals surface area (Å²) in [5.74, 6) is 0. The zero-order valence-corrected chi connectivity index (χ0v) is 6.51. The highest BCUT2D eigenvalue weighted by Gasteiger charge is 1.81. The first-order valence-corrected chi connectivity index (χ1v) is 3.39. The van der Waals surface area contributed by atoms with E-state index in [0.717, 1.165) is 6.42 Å². The molecular formula is C10H14. The highest BCUT2D eigenvalue weighted by Crippen LogP contribution is 2.01. The minimum atomic E-state index is 1.08. The second kappa shape index (κ2) is 6.09. The summed E-state index contributed by atoms with van der Waals surface area (Å²) in [4.78, 5) is 0. The maximum Gasteiger partial charge on any atom is -0.0160 e. The average Bonchev–Trinajstić information content (AvgIpc) is 2.21. The van der Waals surface area contributed by atoms with Crippen LogP contribution in [0.3, 0.4) is 0 Å². The molecule has 0 bridgehead atoms. The highest BCUT2D eigenvalue weighted by molar-refractivity contribution is 5.24. The molecule has 0 aliphatic heterocycles. The maximum atomic E-state index is 3.00. The fraction of sp³-hybridized carbons (Fsp3) is 0.200. The van der Waals surface area contributed by atoms with Gasteiger partial charge >= 0.3 is 0 Å². The van der Waals surface area contributed by atoms with Gasteiger partial charge in [-0.3, -0.25) is 0 Å². The van der Waals surface area contributed by atoms with Crippen LogP contribution in [-0.2, 0) is 0 Å². The van der Waals surface area contributed by atoms with E-state index in [1.54, 1.807) is 0 Å². The van der Waals surface area contributed by atoms with Crippen LogP contribution in [0.1, 0.15) is 13.3 Å². The topological polar surface area (TPSA) is 0 Å². The summed E-state index contributed by atoms with van der Waals surface area (Å²) >= 11 is 0. The van der Waals surface area contributed by atoms with Gasteiger partial charge in [-0.15, -0.1) is 13.2 Å². The number of hydrogen-bond acceptors (Lipinski definition) is 0. The number of rotatable bonds is 0. The van der Waals surface area contributed by atoms with Crippen molar-refractivity contribution in [3.05, 3.63) is 49.1 Å². The molecule has 0 N–H and O–H groups in total. The van der Waals surface area contributed by atoms with Gasteiger partial charge in [0.1, 0.15) is 0 Å². The summed E-state index contributed by atoms with van der Waals surface area (Å²) in [6.45, 7) is 8.11. The molecule has 1 rings (SSSR count). The molecule has 0 aromatic carbocycles. The molecule has 0 unspecified atom stereocenters. The fourth-order valence-electron chi connectivity index (χ4n) is 0.686. The molecule has 1 aliphatic carbocycles. The van der Waals surface area contributed by atoms with Crippen LogP contribution in [0.4, 0.5) is 0 Å². The van der Waals surface area contributed by atoms with Crippen molar-refractivity contribution in [2.24, 2.45) is 0 Å². The Morgan fingerprint density at radius 2 is 2.00 bits per heavy atom. The molecule has 0 aromatic heterocycles. The van der Waals surface area contributed by atoms with E-state index in [1.165, 1.54) is 5.57 Å². The Morgan fingerprint density at radius 1 is 1.30 bits per heavy atom. The monoisotopic (exact) mass is 134 g/mol. The van der Waals surface area contributed by atoms with E-state index in [1.807, 2.05) is 0 Å². The Balaban J connectivity index is 0.000000371. The zero-order chi connectivity index (χ0) is 7.82. The molecule has 0 nitrogen and oxygen atoms in total. The summed E-state index contributed by atoms with van der Waals surface area (Å²) in [7, 11) is 0. The standard InChI is InChI=1S/C8H10.C2H4/c1-8-6-4-2-3-5-7-8;1-2/h2-4,6-7H,5H2,1H3;1-2H2. The minimum Gasteiger partial charge on any atom is -0.106 e. The first-order valence-electron chi connectivity index (χ1n) is 3.39. The first kappa shape index (κ1) is 8.96. The van der Waals surface area contributed by atoms with Crippen molar-refractivity contribution in [2.45, 2.75) is 13.3 Å². The van der Waals surface area contributed by atoms with Gasteiger partial charge < -0.3 is 0 Å². The summed E-state index contributed by atoms with van der Waals surface area (Å²) in [5.41, 5.74) is 1.36. The van der Waals surface area contributed by atoms with Gasteiger partial charge in [0.25, 0.3) is 0 Å². The van der Waals surface area contributed by atoms with Crippen molar-refractivity contribution < 1.29 is 0 Å². The lowest BCUT2D eigenvalue weighted by molar-refractivity contribution is 1.35. The first-order chi connectivity index (χ1) is 4.89. The smallest absolute Gasteiger partial charge is 0.0160 e. The van der Waals surface area contributed by atoms with Gasteiger partial charge in [0.2, 0.25) is 0 Å². The van der Waals surface area contributed by atoms with Crippen LogP contribution in [0.25, 0.3) is 0 Å². The Labute approximate surface area is 63.3 Å². The van der Waals surface area contributed by atoms with E-state index in [2.05, 4.69) is 50.5 Å². The van der Waals surface area contributed by atoms with Crippen molar-refractivity contribution in [3.8, 4) is 0 Å². The molecule has 0 fully saturated rings. The predicted octanol–water partition coefficient (Wildman–Crippen LogP) is 3.25. The van der Waals surface area contributed by atoms with Crippen molar-refractivity contribution >= 4 is 0 Å². The molecule has 54 valence electrons. The lowest BCUT2D eigenvalue weighted by atomic mass is 10.2. The molecule has 0 amide bonds. The summed E-state index contributed by atoms with van der Waals surface area (Å²) in [6.07, 6.45) is 11.7. The average molecular weight is 134 g/mol. The minimum absolute atomic E-state index is 1.08. The zero-order valence-electron chi connectivity index (χ0n) is 6.51. The molecular weight excluding hydrogens is 120 g/mol. The number of allylic oxidation sites excluding steroid dienone is 6. The van der Waals surface area contributed by atoms with Crippen LogP contribution in [0.2, 0.25) is 0 Å². The van der Waals surface area contributed by atoms with Gasteiger partial charge in [-0.05, 0) is 13.3 Å². The van der Waals surface area contributed by atoms with Crippen LogP contribution >= 0.6 is 0 Å². The van der Waals surface area contributed by atoms with Gasteiger partial charge in [-0.1, -0.05) is 36.0 Å². The van der Waals surface area contributed by atoms with Gasteiger partial charge in [0, 0.05) is 0 Å². The Kier molecular flexibility index (Phi) is 5.45. The summed E-state index contributed by atoms with van der Waals surface area (Å²) in [5, 5.41) is 0. The molecule has 0 saturated heterocycles. The second-order valence-electron chi connectivity index (χ2n) is 1.97. The Morgan fingerprint density at radius 3 is 2.70 bits per heavy atom. The van der Waals surface area contributed by atoms with Gasteiger partial charge in [-0.2, -0.15) is 0 Å². The lowest BCUT2D eigenvalue weighted by Crippen LogP contribution is -1.62. The molecule has 0 saturated carbocycles. The maximum absolute atomic E-state index is 3.00. The summed E-state index contributed by atoms with van der Waals surface area (Å²) in [6, 6.07) is 0. The normalized spacial score (nSPS) is 14.7. The van der Waals surface area contributed by atoms with Crippen LogP contribution < -0.4 is 0 Å². The third-order valence-electron chi connectivity index (χ3n) is 1.18. The van der Waals surface area contributed by atoms with E-state index in [0.29, 0.717) is 0 Å². The van der Waals surface area contributed by atoms with Crippen molar-refractivity contribution in [1.82, 2.24) is 0 Å². The van der Waals surface area contributed by atoms with Gasteiger partial charge in [0.05, 0.1) is 0 Å². The third kappa shape index (κ3) is 3.90. The molecule has 1 aliphatic rings. The number of hydrogen-bond donors (Lipinski definition) is 0. The molecule has 0 radical (unpaired) electrons. The Hall–Kier alpha value is -1.04. The van der Waals surface area contributed by atoms with Crippen LogP contribution in [-0.4, -0.2) is 0 Å². The lowest BCUT2D eigenvalue weighted by Gasteiger charge is -1.82. The molecule has 0 heterocycles. The molecule has 0 aromatic rings. The van der Waals surface area contributed by atoms with Crippen LogP contribution in [0.15, 0.2) is 49.1 Å². The quantitative estimate of drug-likeness (QED) is 0.446. The van der Waals surface area contributed by atoms with Crippen LogP contribution in [0.5, 0.6) is 0 Å². The molecule has 0 atom stereocenters. The van der Waals surface area contributed by atoms with Crippen molar-refractivity contribution in [3.63, 3.8) is 0 Å². The Bertz CT molecular complexity index is 156. The van der Waals surface area contributed by atoms with Crippen molar-refractivity contribution in [2.75, 3.05) is 0 Å². The SMILES string of the molecule is C=C.CC1=CCC=CC=C1. The van der Waals surface area contributed by atoms with E-state index in [-0.39, 0.29) is 0 Å². The third-order valence-corrected chi connectivity index (χ3v) is 1.18. The predicted molar refractivity (Wildman–Crippen MR) is 47.9 cm³/mol.